The third-order valence-electron chi connectivity index (χ3n) is 2.77. The van der Waals surface area contributed by atoms with E-state index in [9.17, 15) is 0 Å². The zero-order valence-corrected chi connectivity index (χ0v) is 10.9. The first-order valence-electron chi connectivity index (χ1n) is 6.48. The van der Waals surface area contributed by atoms with Crippen LogP contribution < -0.4 is 0 Å². The van der Waals surface area contributed by atoms with E-state index < -0.39 is 0 Å². The van der Waals surface area contributed by atoms with Crippen LogP contribution in [-0.2, 0) is 9.47 Å². The lowest BCUT2D eigenvalue weighted by Crippen LogP contribution is -2.19. The molecule has 3 nitrogen and oxygen atoms in total. The summed E-state index contributed by atoms with van der Waals surface area (Å²) in [6, 6.07) is 0. The minimum absolute atomic E-state index is 0.287. The van der Waals surface area contributed by atoms with Gasteiger partial charge in [0.2, 0.25) is 0 Å². The smallest absolute Gasteiger partial charge is 0.180 e. The van der Waals surface area contributed by atoms with Crippen molar-refractivity contribution in [2.24, 2.45) is 4.99 Å². The van der Waals surface area contributed by atoms with Gasteiger partial charge in [0.25, 0.3) is 0 Å². The second-order valence-electron chi connectivity index (χ2n) is 4.70. The lowest BCUT2D eigenvalue weighted by atomic mass is 9.98. The van der Waals surface area contributed by atoms with Gasteiger partial charge >= 0.3 is 0 Å². The van der Waals surface area contributed by atoms with E-state index >= 15 is 0 Å². The maximum Gasteiger partial charge on any atom is 0.180 e. The predicted octanol–water partition coefficient (Wildman–Crippen LogP) is 3.18. The van der Waals surface area contributed by atoms with Gasteiger partial charge in [-0.05, 0) is 39.5 Å². The Morgan fingerprint density at radius 3 is 2.56 bits per heavy atom. The van der Waals surface area contributed by atoms with Crippen molar-refractivity contribution in [2.75, 3.05) is 13.2 Å². The zero-order chi connectivity index (χ0) is 11.8. The number of rotatable bonds is 5. The SMILES string of the molecule is C/C(=N/CCOC(C)C)OC1CCCCC1. The summed E-state index contributed by atoms with van der Waals surface area (Å²) in [5.74, 6) is 0.819. The number of hydrogen-bond donors (Lipinski definition) is 0. The summed E-state index contributed by atoms with van der Waals surface area (Å²) in [6.07, 6.45) is 7.03. The number of ether oxygens (including phenoxy) is 2. The second kappa shape index (κ2) is 7.66. The maximum atomic E-state index is 5.79. The van der Waals surface area contributed by atoms with Crippen molar-refractivity contribution < 1.29 is 9.47 Å². The Bertz CT molecular complexity index is 208. The fourth-order valence-corrected chi connectivity index (χ4v) is 1.95. The average Bonchev–Trinajstić information content (AvgIpc) is 2.25. The van der Waals surface area contributed by atoms with Gasteiger partial charge in [-0.3, -0.25) is 4.99 Å². The Morgan fingerprint density at radius 2 is 1.94 bits per heavy atom. The largest absolute Gasteiger partial charge is 0.478 e. The van der Waals surface area contributed by atoms with E-state index in [1.807, 2.05) is 20.8 Å². The highest BCUT2D eigenvalue weighted by atomic mass is 16.5. The van der Waals surface area contributed by atoms with Crippen LogP contribution in [0.15, 0.2) is 4.99 Å². The van der Waals surface area contributed by atoms with E-state index in [0.29, 0.717) is 19.3 Å². The second-order valence-corrected chi connectivity index (χ2v) is 4.70. The van der Waals surface area contributed by atoms with E-state index in [0.717, 1.165) is 5.90 Å². The Hall–Kier alpha value is -0.570. The van der Waals surface area contributed by atoms with Gasteiger partial charge in [0.05, 0.1) is 19.3 Å². The van der Waals surface area contributed by atoms with Gasteiger partial charge in [0, 0.05) is 6.92 Å². The van der Waals surface area contributed by atoms with E-state index in [1.165, 1.54) is 32.1 Å². The molecule has 0 aromatic heterocycles. The number of nitrogens with zero attached hydrogens (tertiary/aromatic N) is 1. The van der Waals surface area contributed by atoms with E-state index in [4.69, 9.17) is 9.47 Å². The molecule has 1 aliphatic carbocycles. The minimum Gasteiger partial charge on any atom is -0.478 e. The monoisotopic (exact) mass is 227 g/mol. The molecular formula is C13H25NO2. The molecule has 0 saturated heterocycles. The first-order valence-corrected chi connectivity index (χ1v) is 6.48. The van der Waals surface area contributed by atoms with Crippen LogP contribution in [0, 0.1) is 0 Å². The van der Waals surface area contributed by atoms with Crippen LogP contribution in [-0.4, -0.2) is 31.3 Å². The van der Waals surface area contributed by atoms with Crippen molar-refractivity contribution in [2.45, 2.75) is 65.1 Å². The molecule has 0 atom stereocenters. The quantitative estimate of drug-likeness (QED) is 0.410. The topological polar surface area (TPSA) is 30.8 Å². The average molecular weight is 227 g/mol. The van der Waals surface area contributed by atoms with Gasteiger partial charge in [0.1, 0.15) is 6.10 Å². The molecule has 0 aromatic rings. The van der Waals surface area contributed by atoms with Crippen LogP contribution in [0.3, 0.4) is 0 Å². The summed E-state index contributed by atoms with van der Waals surface area (Å²) < 4.78 is 11.2. The Morgan fingerprint density at radius 1 is 1.25 bits per heavy atom. The van der Waals surface area contributed by atoms with Gasteiger partial charge in [-0.1, -0.05) is 6.42 Å². The molecule has 0 aromatic carbocycles. The molecule has 1 rings (SSSR count). The summed E-state index contributed by atoms with van der Waals surface area (Å²) in [7, 11) is 0. The van der Waals surface area contributed by atoms with Crippen molar-refractivity contribution in [1.82, 2.24) is 0 Å². The molecular weight excluding hydrogens is 202 g/mol. The van der Waals surface area contributed by atoms with E-state index in [2.05, 4.69) is 4.99 Å². The van der Waals surface area contributed by atoms with Crippen molar-refractivity contribution >= 4 is 5.90 Å². The van der Waals surface area contributed by atoms with Crippen LogP contribution >= 0.6 is 0 Å². The molecule has 94 valence electrons. The fourth-order valence-electron chi connectivity index (χ4n) is 1.95. The molecule has 0 N–H and O–H groups in total. The molecule has 0 amide bonds. The highest BCUT2D eigenvalue weighted by Crippen LogP contribution is 2.20. The molecule has 1 saturated carbocycles. The molecule has 1 aliphatic rings. The zero-order valence-electron chi connectivity index (χ0n) is 10.9. The first-order chi connectivity index (χ1) is 7.68. The summed E-state index contributed by atoms with van der Waals surface area (Å²) in [6.45, 7) is 7.41. The molecule has 0 bridgehead atoms. The van der Waals surface area contributed by atoms with Crippen LogP contribution in [0.1, 0.15) is 52.9 Å². The lowest BCUT2D eigenvalue weighted by Gasteiger charge is -2.22. The lowest BCUT2D eigenvalue weighted by molar-refractivity contribution is 0.0843. The summed E-state index contributed by atoms with van der Waals surface area (Å²) in [5, 5.41) is 0. The minimum atomic E-state index is 0.287. The Labute approximate surface area is 99.2 Å². The Kier molecular flexibility index (Phi) is 6.46. The molecule has 0 radical (unpaired) electrons. The third kappa shape index (κ3) is 6.11. The first kappa shape index (κ1) is 13.5. The van der Waals surface area contributed by atoms with Crippen molar-refractivity contribution in [1.29, 1.82) is 0 Å². The molecule has 0 heterocycles. The van der Waals surface area contributed by atoms with Crippen molar-refractivity contribution in [3.05, 3.63) is 0 Å². The van der Waals surface area contributed by atoms with E-state index in [1.54, 1.807) is 0 Å². The molecule has 16 heavy (non-hydrogen) atoms. The Balaban J connectivity index is 2.12. The molecule has 1 fully saturated rings. The maximum absolute atomic E-state index is 5.79. The van der Waals surface area contributed by atoms with Crippen LogP contribution in [0.4, 0.5) is 0 Å². The molecule has 3 heteroatoms. The van der Waals surface area contributed by atoms with Crippen LogP contribution in [0.5, 0.6) is 0 Å². The highest BCUT2D eigenvalue weighted by molar-refractivity contribution is 5.73. The van der Waals surface area contributed by atoms with Gasteiger partial charge < -0.3 is 9.47 Å². The van der Waals surface area contributed by atoms with Gasteiger partial charge in [0.15, 0.2) is 5.90 Å². The van der Waals surface area contributed by atoms with Gasteiger partial charge in [-0.15, -0.1) is 0 Å². The highest BCUT2D eigenvalue weighted by Gasteiger charge is 2.14. The molecule has 0 aliphatic heterocycles. The van der Waals surface area contributed by atoms with Crippen molar-refractivity contribution in [3.8, 4) is 0 Å². The fraction of sp³-hybridized carbons (Fsp3) is 0.923. The summed E-state index contributed by atoms with van der Waals surface area (Å²) >= 11 is 0. The predicted molar refractivity (Wildman–Crippen MR) is 67.0 cm³/mol. The molecule has 0 spiro atoms. The summed E-state index contributed by atoms with van der Waals surface area (Å²) in [5.41, 5.74) is 0. The van der Waals surface area contributed by atoms with Gasteiger partial charge in [-0.25, -0.2) is 0 Å². The number of hydrogen-bond acceptors (Lipinski definition) is 3. The van der Waals surface area contributed by atoms with Crippen molar-refractivity contribution in [3.63, 3.8) is 0 Å². The summed E-state index contributed by atoms with van der Waals surface area (Å²) in [4.78, 5) is 4.36. The standard InChI is InChI=1S/C13H25NO2/c1-11(2)15-10-9-14-12(3)16-13-7-5-4-6-8-13/h11,13H,4-10H2,1-3H3/b14-12-. The normalized spacial score (nSPS) is 19.1. The van der Waals surface area contributed by atoms with Crippen LogP contribution in [0.2, 0.25) is 0 Å². The van der Waals surface area contributed by atoms with Gasteiger partial charge in [-0.2, -0.15) is 0 Å². The van der Waals surface area contributed by atoms with Crippen LogP contribution in [0.25, 0.3) is 0 Å². The third-order valence-corrected chi connectivity index (χ3v) is 2.77. The number of aliphatic imine (C=N–C) groups is 1. The van der Waals surface area contributed by atoms with E-state index in [-0.39, 0.29) is 6.10 Å². The molecule has 0 unspecified atom stereocenters.